The third-order valence-electron chi connectivity index (χ3n) is 3.57. The first kappa shape index (κ1) is 16.1. The van der Waals surface area contributed by atoms with E-state index in [-0.39, 0.29) is 0 Å². The van der Waals surface area contributed by atoms with Crippen LogP contribution in [-0.4, -0.2) is 29.1 Å². The topological polar surface area (TPSA) is 54.2 Å². The van der Waals surface area contributed by atoms with Gasteiger partial charge in [0, 0.05) is 39.1 Å². The molecule has 0 amide bonds. The number of benzene rings is 1. The molecular formula is C17H25N5. The van der Waals surface area contributed by atoms with E-state index in [1.807, 2.05) is 37.5 Å². The van der Waals surface area contributed by atoms with Gasteiger partial charge < -0.3 is 15.2 Å². The molecule has 2 N–H and O–H groups in total. The average molecular weight is 299 g/mol. The van der Waals surface area contributed by atoms with Crippen molar-refractivity contribution < 1.29 is 0 Å². The Morgan fingerprint density at radius 1 is 1.18 bits per heavy atom. The quantitative estimate of drug-likeness (QED) is 0.469. The van der Waals surface area contributed by atoms with Crippen molar-refractivity contribution >= 4 is 5.96 Å². The largest absolute Gasteiger partial charge is 0.356 e. The van der Waals surface area contributed by atoms with Crippen molar-refractivity contribution in [2.75, 3.05) is 13.6 Å². The molecule has 2 rings (SSSR count). The van der Waals surface area contributed by atoms with Crippen LogP contribution < -0.4 is 10.6 Å². The summed E-state index contributed by atoms with van der Waals surface area (Å²) in [6.45, 7) is 4.76. The van der Waals surface area contributed by atoms with Gasteiger partial charge in [0.2, 0.25) is 0 Å². The van der Waals surface area contributed by atoms with Gasteiger partial charge in [0.25, 0.3) is 0 Å². The summed E-state index contributed by atoms with van der Waals surface area (Å²) in [6, 6.07) is 10.3. The second-order valence-corrected chi connectivity index (χ2v) is 5.21. The molecule has 1 aromatic heterocycles. The summed E-state index contributed by atoms with van der Waals surface area (Å²) < 4.78 is 2.18. The molecule has 2 aromatic rings. The molecule has 0 aliphatic rings. The summed E-state index contributed by atoms with van der Waals surface area (Å²) >= 11 is 0. The van der Waals surface area contributed by atoms with E-state index in [9.17, 15) is 0 Å². The smallest absolute Gasteiger partial charge is 0.191 e. The number of hydrogen-bond acceptors (Lipinski definition) is 2. The highest BCUT2D eigenvalue weighted by molar-refractivity contribution is 5.79. The second-order valence-electron chi connectivity index (χ2n) is 5.21. The highest BCUT2D eigenvalue weighted by Crippen LogP contribution is 1.99. The Morgan fingerprint density at radius 3 is 2.68 bits per heavy atom. The van der Waals surface area contributed by atoms with Gasteiger partial charge in [-0.15, -0.1) is 0 Å². The van der Waals surface area contributed by atoms with Crippen LogP contribution in [0.5, 0.6) is 0 Å². The number of hydrogen-bond donors (Lipinski definition) is 2. The van der Waals surface area contributed by atoms with Crippen LogP contribution in [0.2, 0.25) is 0 Å². The first-order valence-electron chi connectivity index (χ1n) is 7.76. The van der Waals surface area contributed by atoms with Crippen molar-refractivity contribution in [2.24, 2.45) is 4.99 Å². The highest BCUT2D eigenvalue weighted by atomic mass is 15.2. The maximum Gasteiger partial charge on any atom is 0.191 e. The number of unbranched alkanes of at least 4 members (excludes halogenated alkanes) is 1. The predicted molar refractivity (Wildman–Crippen MR) is 90.8 cm³/mol. The summed E-state index contributed by atoms with van der Waals surface area (Å²) in [4.78, 5) is 8.47. The van der Waals surface area contributed by atoms with Crippen molar-refractivity contribution in [1.82, 2.24) is 20.2 Å². The van der Waals surface area contributed by atoms with E-state index in [0.717, 1.165) is 44.3 Å². The van der Waals surface area contributed by atoms with Crippen LogP contribution in [-0.2, 0) is 13.1 Å². The van der Waals surface area contributed by atoms with Crippen molar-refractivity contribution in [3.8, 4) is 0 Å². The molecule has 0 saturated carbocycles. The average Bonchev–Trinajstić information content (AvgIpc) is 2.96. The molecule has 0 aliphatic carbocycles. The van der Waals surface area contributed by atoms with Crippen molar-refractivity contribution in [2.45, 2.75) is 32.9 Å². The first-order chi connectivity index (χ1) is 10.8. The summed E-state index contributed by atoms with van der Waals surface area (Å²) in [5.74, 6) is 1.93. The van der Waals surface area contributed by atoms with Crippen LogP contribution in [0.3, 0.4) is 0 Å². The summed E-state index contributed by atoms with van der Waals surface area (Å²) in [5.41, 5.74) is 1.25. The Balaban J connectivity index is 1.61. The van der Waals surface area contributed by atoms with Gasteiger partial charge in [-0.05, 0) is 25.3 Å². The first-order valence-corrected chi connectivity index (χ1v) is 7.76. The maximum atomic E-state index is 4.24. The highest BCUT2D eigenvalue weighted by Gasteiger charge is 1.99. The van der Waals surface area contributed by atoms with E-state index < -0.39 is 0 Å². The predicted octanol–water partition coefficient (Wildman–Crippen LogP) is 2.34. The molecule has 0 spiro atoms. The lowest BCUT2D eigenvalue weighted by Gasteiger charge is -2.12. The molecule has 0 unspecified atom stereocenters. The van der Waals surface area contributed by atoms with Gasteiger partial charge in [-0.2, -0.15) is 0 Å². The lowest BCUT2D eigenvalue weighted by atomic mass is 10.2. The van der Waals surface area contributed by atoms with E-state index in [1.165, 1.54) is 5.56 Å². The molecule has 0 radical (unpaired) electrons. The molecule has 22 heavy (non-hydrogen) atoms. The van der Waals surface area contributed by atoms with Gasteiger partial charge in [0.1, 0.15) is 5.82 Å². The fourth-order valence-corrected chi connectivity index (χ4v) is 2.26. The van der Waals surface area contributed by atoms with E-state index >= 15 is 0 Å². The Bertz CT molecular complexity index is 574. The minimum atomic E-state index is 0.786. The van der Waals surface area contributed by atoms with E-state index in [1.54, 1.807) is 7.05 Å². The number of rotatable bonds is 7. The zero-order chi connectivity index (χ0) is 15.6. The standard InChI is InChI=1S/C17H25N5/c1-15-19-11-13-22(15)12-7-6-10-20-17(18-2)21-14-16-8-4-3-5-9-16/h3-5,8-9,11,13H,6-7,10,12,14H2,1-2H3,(H2,18,20,21). The fourth-order valence-electron chi connectivity index (χ4n) is 2.26. The number of nitrogens with zero attached hydrogens (tertiary/aromatic N) is 3. The Kier molecular flexibility index (Phi) is 6.48. The molecule has 5 nitrogen and oxygen atoms in total. The summed E-state index contributed by atoms with van der Waals surface area (Å²) in [5, 5.41) is 6.67. The number of aromatic nitrogens is 2. The number of imidazole rings is 1. The molecule has 0 saturated heterocycles. The number of aryl methyl sites for hydroxylation is 2. The van der Waals surface area contributed by atoms with E-state index in [0.29, 0.717) is 0 Å². The number of nitrogens with one attached hydrogen (secondary N) is 2. The van der Waals surface area contributed by atoms with Crippen molar-refractivity contribution in [3.63, 3.8) is 0 Å². The number of guanidine groups is 1. The third-order valence-corrected chi connectivity index (χ3v) is 3.57. The maximum absolute atomic E-state index is 4.24. The van der Waals surface area contributed by atoms with E-state index in [4.69, 9.17) is 0 Å². The van der Waals surface area contributed by atoms with Gasteiger partial charge in [-0.3, -0.25) is 4.99 Å². The summed E-state index contributed by atoms with van der Waals surface area (Å²) in [7, 11) is 1.80. The SMILES string of the molecule is CN=C(NCCCCn1ccnc1C)NCc1ccccc1. The summed E-state index contributed by atoms with van der Waals surface area (Å²) in [6.07, 6.45) is 6.11. The Labute approximate surface area is 132 Å². The second kappa shape index (κ2) is 8.87. The molecule has 1 heterocycles. The van der Waals surface area contributed by atoms with Crippen LogP contribution in [0.4, 0.5) is 0 Å². The lowest BCUT2D eigenvalue weighted by Crippen LogP contribution is -2.37. The third kappa shape index (κ3) is 5.24. The van der Waals surface area contributed by atoms with Gasteiger partial charge in [0.15, 0.2) is 5.96 Å². The zero-order valence-electron chi connectivity index (χ0n) is 13.4. The van der Waals surface area contributed by atoms with Crippen molar-refractivity contribution in [3.05, 3.63) is 54.1 Å². The van der Waals surface area contributed by atoms with E-state index in [2.05, 4.69) is 37.3 Å². The molecule has 1 aromatic carbocycles. The monoisotopic (exact) mass is 299 g/mol. The van der Waals surface area contributed by atoms with Gasteiger partial charge in [-0.25, -0.2) is 4.98 Å². The minimum Gasteiger partial charge on any atom is -0.356 e. The van der Waals surface area contributed by atoms with Gasteiger partial charge >= 0.3 is 0 Å². The molecule has 118 valence electrons. The molecule has 0 bridgehead atoms. The minimum absolute atomic E-state index is 0.786. The van der Waals surface area contributed by atoms with Crippen LogP contribution >= 0.6 is 0 Å². The molecule has 0 atom stereocenters. The zero-order valence-corrected chi connectivity index (χ0v) is 13.4. The van der Waals surface area contributed by atoms with Crippen LogP contribution in [0.1, 0.15) is 24.2 Å². The van der Waals surface area contributed by atoms with Gasteiger partial charge in [-0.1, -0.05) is 30.3 Å². The number of aliphatic imine (C=N–C) groups is 1. The normalized spacial score (nSPS) is 11.5. The Morgan fingerprint density at radius 2 is 2.00 bits per heavy atom. The fraction of sp³-hybridized carbons (Fsp3) is 0.412. The lowest BCUT2D eigenvalue weighted by molar-refractivity contribution is 0.588. The van der Waals surface area contributed by atoms with Gasteiger partial charge in [0.05, 0.1) is 0 Å². The molecule has 0 aliphatic heterocycles. The van der Waals surface area contributed by atoms with Crippen LogP contribution in [0.15, 0.2) is 47.7 Å². The molecular weight excluding hydrogens is 274 g/mol. The van der Waals surface area contributed by atoms with Crippen molar-refractivity contribution in [1.29, 1.82) is 0 Å². The molecule has 5 heteroatoms. The Hall–Kier alpha value is -2.30. The molecule has 0 fully saturated rings. The van der Waals surface area contributed by atoms with Crippen LogP contribution in [0.25, 0.3) is 0 Å². The van der Waals surface area contributed by atoms with Crippen LogP contribution in [0, 0.1) is 6.92 Å².